The van der Waals surface area contributed by atoms with Crippen LogP contribution in [-0.2, 0) is 13.2 Å². The maximum atomic E-state index is 9.47. The molecule has 2 rings (SSSR count). The first-order chi connectivity index (χ1) is 9.80. The molecular weight excluding hydrogens is 252 g/mol. The third kappa shape index (κ3) is 3.31. The van der Waals surface area contributed by atoms with E-state index in [1.807, 2.05) is 18.2 Å². The Morgan fingerprint density at radius 1 is 1.20 bits per heavy atom. The summed E-state index contributed by atoms with van der Waals surface area (Å²) in [5.41, 5.74) is 1.98. The summed E-state index contributed by atoms with van der Waals surface area (Å²) in [7, 11) is 0. The molecule has 110 valence electrons. The molecule has 0 amide bonds. The van der Waals surface area contributed by atoms with Crippen LogP contribution in [-0.4, -0.2) is 21.3 Å². The van der Waals surface area contributed by atoms with E-state index in [4.69, 9.17) is 4.74 Å². The van der Waals surface area contributed by atoms with Crippen molar-refractivity contribution in [2.75, 3.05) is 6.61 Å². The first-order valence-electron chi connectivity index (χ1n) is 7.53. The number of imidazole rings is 1. The van der Waals surface area contributed by atoms with Crippen molar-refractivity contribution < 1.29 is 9.84 Å². The molecule has 0 saturated carbocycles. The quantitative estimate of drug-likeness (QED) is 0.751. The zero-order chi connectivity index (χ0) is 14.4. The largest absolute Gasteiger partial charge is 0.494 e. The molecule has 0 bridgehead atoms. The van der Waals surface area contributed by atoms with E-state index in [-0.39, 0.29) is 6.61 Å². The van der Waals surface area contributed by atoms with Crippen molar-refractivity contribution in [1.82, 2.24) is 9.55 Å². The molecule has 1 heterocycles. The van der Waals surface area contributed by atoms with Gasteiger partial charge in [0.2, 0.25) is 0 Å². The van der Waals surface area contributed by atoms with E-state index in [1.165, 1.54) is 12.8 Å². The number of rotatable bonds is 8. The third-order valence-electron chi connectivity index (χ3n) is 3.40. The van der Waals surface area contributed by atoms with Gasteiger partial charge in [-0.3, -0.25) is 0 Å². The minimum atomic E-state index is -0.0219. The van der Waals surface area contributed by atoms with Crippen LogP contribution in [0, 0.1) is 0 Å². The Labute approximate surface area is 120 Å². The number of hydrogen-bond acceptors (Lipinski definition) is 3. The van der Waals surface area contributed by atoms with Crippen molar-refractivity contribution in [3.63, 3.8) is 0 Å². The van der Waals surface area contributed by atoms with Gasteiger partial charge in [0.1, 0.15) is 18.2 Å². The number of benzene rings is 1. The van der Waals surface area contributed by atoms with Gasteiger partial charge in [-0.15, -0.1) is 0 Å². The Morgan fingerprint density at radius 3 is 2.75 bits per heavy atom. The fourth-order valence-corrected chi connectivity index (χ4v) is 2.36. The van der Waals surface area contributed by atoms with Crippen LogP contribution in [0.1, 0.15) is 45.4 Å². The first kappa shape index (κ1) is 14.9. The molecule has 0 aliphatic heterocycles. The van der Waals surface area contributed by atoms with Crippen molar-refractivity contribution in [1.29, 1.82) is 0 Å². The van der Waals surface area contributed by atoms with Crippen LogP contribution in [0.15, 0.2) is 18.2 Å². The lowest BCUT2D eigenvalue weighted by Crippen LogP contribution is -2.03. The summed E-state index contributed by atoms with van der Waals surface area (Å²) in [5, 5.41) is 9.47. The molecule has 4 heteroatoms. The molecule has 0 spiro atoms. The second-order valence-corrected chi connectivity index (χ2v) is 5.04. The molecule has 1 N–H and O–H groups in total. The normalized spacial score (nSPS) is 11.2. The van der Waals surface area contributed by atoms with Crippen LogP contribution < -0.4 is 4.74 Å². The third-order valence-corrected chi connectivity index (χ3v) is 3.40. The SMILES string of the molecule is CCCCCn1c(CO)nc2cc(OCCC)ccc21. The molecule has 0 aliphatic carbocycles. The summed E-state index contributed by atoms with van der Waals surface area (Å²) in [6.07, 6.45) is 4.49. The fourth-order valence-electron chi connectivity index (χ4n) is 2.36. The van der Waals surface area contributed by atoms with Gasteiger partial charge in [0.15, 0.2) is 0 Å². The Hall–Kier alpha value is -1.55. The molecule has 0 radical (unpaired) electrons. The van der Waals surface area contributed by atoms with E-state index in [0.717, 1.165) is 48.6 Å². The lowest BCUT2D eigenvalue weighted by Gasteiger charge is -2.08. The van der Waals surface area contributed by atoms with Crippen LogP contribution in [0.3, 0.4) is 0 Å². The Morgan fingerprint density at radius 2 is 2.05 bits per heavy atom. The van der Waals surface area contributed by atoms with Crippen molar-refractivity contribution >= 4 is 11.0 Å². The van der Waals surface area contributed by atoms with Gasteiger partial charge in [0.25, 0.3) is 0 Å². The van der Waals surface area contributed by atoms with Gasteiger partial charge in [-0.2, -0.15) is 0 Å². The molecular formula is C16H24N2O2. The molecule has 2 aromatic rings. The Kier molecular flexibility index (Phi) is 5.41. The first-order valence-corrected chi connectivity index (χ1v) is 7.53. The number of fused-ring (bicyclic) bond motifs is 1. The number of ether oxygens (including phenoxy) is 1. The zero-order valence-electron chi connectivity index (χ0n) is 12.4. The van der Waals surface area contributed by atoms with Crippen molar-refractivity contribution in [3.05, 3.63) is 24.0 Å². The highest BCUT2D eigenvalue weighted by molar-refractivity contribution is 5.77. The van der Waals surface area contributed by atoms with Gasteiger partial charge in [-0.25, -0.2) is 4.98 Å². The number of aromatic nitrogens is 2. The standard InChI is InChI=1S/C16H24N2O2/c1-3-5-6-9-18-15-8-7-13(20-10-4-2)11-14(15)17-16(18)12-19/h7-8,11,19H,3-6,9-10,12H2,1-2H3. The highest BCUT2D eigenvalue weighted by Gasteiger charge is 2.10. The monoisotopic (exact) mass is 276 g/mol. The average molecular weight is 276 g/mol. The topological polar surface area (TPSA) is 47.3 Å². The molecule has 1 aromatic heterocycles. The summed E-state index contributed by atoms with van der Waals surface area (Å²) in [4.78, 5) is 4.51. The van der Waals surface area contributed by atoms with Crippen LogP contribution in [0.4, 0.5) is 0 Å². The van der Waals surface area contributed by atoms with Crippen molar-refractivity contribution in [2.24, 2.45) is 0 Å². The summed E-state index contributed by atoms with van der Waals surface area (Å²) < 4.78 is 7.75. The molecule has 20 heavy (non-hydrogen) atoms. The number of hydrogen-bond donors (Lipinski definition) is 1. The lowest BCUT2D eigenvalue weighted by molar-refractivity contribution is 0.265. The molecule has 0 fully saturated rings. The highest BCUT2D eigenvalue weighted by Crippen LogP contribution is 2.23. The smallest absolute Gasteiger partial charge is 0.135 e. The maximum absolute atomic E-state index is 9.47. The van der Waals surface area contributed by atoms with E-state index >= 15 is 0 Å². The van der Waals surface area contributed by atoms with Gasteiger partial charge in [-0.05, 0) is 25.0 Å². The van der Waals surface area contributed by atoms with E-state index in [2.05, 4.69) is 23.4 Å². The van der Waals surface area contributed by atoms with Gasteiger partial charge < -0.3 is 14.4 Å². The Bertz CT molecular complexity index is 549. The van der Waals surface area contributed by atoms with Crippen LogP contribution in [0.5, 0.6) is 5.75 Å². The number of nitrogens with zero attached hydrogens (tertiary/aromatic N) is 2. The number of aliphatic hydroxyl groups excluding tert-OH is 1. The van der Waals surface area contributed by atoms with Crippen molar-refractivity contribution in [3.8, 4) is 5.75 Å². The summed E-state index contributed by atoms with van der Waals surface area (Å²) in [6.45, 7) is 5.89. The van der Waals surface area contributed by atoms with Gasteiger partial charge in [0.05, 0.1) is 17.6 Å². The number of aliphatic hydroxyl groups is 1. The molecule has 4 nitrogen and oxygen atoms in total. The van der Waals surface area contributed by atoms with E-state index in [0.29, 0.717) is 0 Å². The number of unbranched alkanes of at least 4 members (excludes halogenated alkanes) is 2. The molecule has 0 atom stereocenters. The highest BCUT2D eigenvalue weighted by atomic mass is 16.5. The molecule has 0 saturated heterocycles. The maximum Gasteiger partial charge on any atom is 0.135 e. The van der Waals surface area contributed by atoms with Crippen LogP contribution in [0.25, 0.3) is 11.0 Å². The predicted molar refractivity (Wildman–Crippen MR) is 81.0 cm³/mol. The zero-order valence-corrected chi connectivity index (χ0v) is 12.4. The molecule has 0 unspecified atom stereocenters. The second-order valence-electron chi connectivity index (χ2n) is 5.04. The Balaban J connectivity index is 2.26. The van der Waals surface area contributed by atoms with E-state index < -0.39 is 0 Å². The molecule has 0 aliphatic rings. The van der Waals surface area contributed by atoms with Gasteiger partial charge in [-0.1, -0.05) is 26.7 Å². The minimum Gasteiger partial charge on any atom is -0.494 e. The summed E-state index contributed by atoms with van der Waals surface area (Å²) in [6, 6.07) is 5.98. The van der Waals surface area contributed by atoms with E-state index in [9.17, 15) is 5.11 Å². The minimum absolute atomic E-state index is 0.0219. The van der Waals surface area contributed by atoms with E-state index in [1.54, 1.807) is 0 Å². The molecule has 1 aromatic carbocycles. The predicted octanol–water partition coefficient (Wildman–Crippen LogP) is 3.51. The summed E-state index contributed by atoms with van der Waals surface area (Å²) in [5.74, 6) is 1.59. The van der Waals surface area contributed by atoms with Gasteiger partial charge >= 0.3 is 0 Å². The second kappa shape index (κ2) is 7.29. The van der Waals surface area contributed by atoms with Gasteiger partial charge in [0, 0.05) is 12.6 Å². The number of aryl methyl sites for hydroxylation is 1. The average Bonchev–Trinajstić information content (AvgIpc) is 2.82. The van der Waals surface area contributed by atoms with Crippen molar-refractivity contribution in [2.45, 2.75) is 52.7 Å². The lowest BCUT2D eigenvalue weighted by atomic mass is 10.2. The van der Waals surface area contributed by atoms with Crippen LogP contribution in [0.2, 0.25) is 0 Å². The fraction of sp³-hybridized carbons (Fsp3) is 0.562. The summed E-state index contributed by atoms with van der Waals surface area (Å²) >= 11 is 0. The van der Waals surface area contributed by atoms with Crippen LogP contribution >= 0.6 is 0 Å².